The number of alkyl halides is 2. The number of carbonyl (C=O) groups is 1. The summed E-state index contributed by atoms with van der Waals surface area (Å²) in [6.45, 7) is 3.61. The van der Waals surface area contributed by atoms with E-state index in [1.807, 2.05) is 0 Å². The molecule has 2 heterocycles. The zero-order valence-electron chi connectivity index (χ0n) is 17.3. The van der Waals surface area contributed by atoms with Crippen molar-refractivity contribution in [3.8, 4) is 0 Å². The lowest BCUT2D eigenvalue weighted by molar-refractivity contribution is -0.117. The van der Waals surface area contributed by atoms with Crippen molar-refractivity contribution in [3.63, 3.8) is 0 Å². The Morgan fingerprint density at radius 2 is 1.75 bits per heavy atom. The van der Waals surface area contributed by atoms with Gasteiger partial charge in [0, 0.05) is 26.2 Å². The number of carbonyl (C=O) groups excluding carboxylic acids is 1. The van der Waals surface area contributed by atoms with Gasteiger partial charge >= 0.3 is 5.76 Å². The molecule has 1 amide bonds. The van der Waals surface area contributed by atoms with Gasteiger partial charge in [-0.3, -0.25) is 9.69 Å². The van der Waals surface area contributed by atoms with Crippen LogP contribution < -0.4 is 5.32 Å². The maximum Gasteiger partial charge on any atom is 0.341 e. The van der Waals surface area contributed by atoms with Gasteiger partial charge in [0.15, 0.2) is 5.76 Å². The van der Waals surface area contributed by atoms with Crippen molar-refractivity contribution in [1.82, 2.24) is 14.4 Å². The smallest absolute Gasteiger partial charge is 0.341 e. The third-order valence-corrected chi connectivity index (χ3v) is 8.55. The number of rotatable bonds is 7. The molecule has 1 saturated heterocycles. The van der Waals surface area contributed by atoms with Crippen LogP contribution in [0.4, 0.5) is 14.5 Å². The van der Waals surface area contributed by atoms with Crippen LogP contribution in [0.5, 0.6) is 0 Å². The monoisotopic (exact) mass is 492 g/mol. The van der Waals surface area contributed by atoms with Gasteiger partial charge in [0.05, 0.1) is 17.1 Å². The highest BCUT2D eigenvalue weighted by molar-refractivity contribution is 7.91. The molecule has 10 nitrogen and oxygen atoms in total. The average molecular weight is 493 g/mol. The molecule has 1 aromatic heterocycles. The Morgan fingerprint density at radius 1 is 1.12 bits per heavy atom. The minimum atomic E-state index is -4.89. The van der Waals surface area contributed by atoms with E-state index in [4.69, 9.17) is 4.52 Å². The van der Waals surface area contributed by atoms with Crippen molar-refractivity contribution in [2.24, 2.45) is 0 Å². The molecule has 0 atom stereocenters. The molecule has 2 aromatic rings. The van der Waals surface area contributed by atoms with Crippen molar-refractivity contribution in [1.29, 1.82) is 0 Å². The van der Waals surface area contributed by atoms with E-state index >= 15 is 0 Å². The van der Waals surface area contributed by atoms with Crippen LogP contribution in [0.25, 0.3) is 0 Å². The summed E-state index contributed by atoms with van der Waals surface area (Å²) in [7, 11) is -8.68. The van der Waals surface area contributed by atoms with Gasteiger partial charge in [0.25, 0.3) is 0 Å². The van der Waals surface area contributed by atoms with E-state index in [2.05, 4.69) is 10.5 Å². The van der Waals surface area contributed by atoms with E-state index in [-0.39, 0.29) is 54.8 Å². The number of nitrogens with one attached hydrogen (secondary N) is 1. The van der Waals surface area contributed by atoms with Crippen molar-refractivity contribution in [2.75, 3.05) is 38.0 Å². The summed E-state index contributed by atoms with van der Waals surface area (Å²) in [4.78, 5) is 13.4. The minimum absolute atomic E-state index is 0.0283. The predicted molar refractivity (Wildman–Crippen MR) is 109 cm³/mol. The molecule has 1 N–H and O–H groups in total. The number of hydrogen-bond acceptors (Lipinski definition) is 8. The van der Waals surface area contributed by atoms with Crippen LogP contribution in [-0.4, -0.2) is 75.6 Å². The normalized spacial score (nSPS) is 16.4. The molecule has 0 unspecified atom stereocenters. The molecule has 0 saturated carbocycles. The van der Waals surface area contributed by atoms with Crippen LogP contribution in [-0.2, 0) is 24.7 Å². The quantitative estimate of drug-likeness (QED) is 0.611. The Morgan fingerprint density at radius 3 is 2.31 bits per heavy atom. The molecule has 0 bridgehead atoms. The van der Waals surface area contributed by atoms with Gasteiger partial charge < -0.3 is 9.84 Å². The number of para-hydroxylation sites is 1. The molecule has 0 radical (unpaired) electrons. The number of anilines is 1. The number of aromatic nitrogens is 1. The van der Waals surface area contributed by atoms with Crippen LogP contribution in [0, 0.1) is 13.8 Å². The number of benzene rings is 1. The summed E-state index contributed by atoms with van der Waals surface area (Å²) < 4.78 is 81.4. The van der Waals surface area contributed by atoms with Gasteiger partial charge in [-0.15, -0.1) is 0 Å². The molecular formula is C18H22F2N4O6S2. The summed E-state index contributed by atoms with van der Waals surface area (Å²) in [6.07, 6.45) is 0. The highest BCUT2D eigenvalue weighted by atomic mass is 32.2. The molecule has 1 aliphatic rings. The lowest BCUT2D eigenvalue weighted by atomic mass is 10.3. The summed E-state index contributed by atoms with van der Waals surface area (Å²) >= 11 is 0. The first kappa shape index (κ1) is 24.2. The van der Waals surface area contributed by atoms with Crippen LogP contribution in [0.1, 0.15) is 11.5 Å². The first-order valence-electron chi connectivity index (χ1n) is 9.51. The number of sulfonamides is 1. The minimum Gasteiger partial charge on any atom is -0.360 e. The molecule has 14 heteroatoms. The van der Waals surface area contributed by atoms with Crippen LogP contribution in [0.3, 0.4) is 0 Å². The molecule has 0 spiro atoms. The second kappa shape index (κ2) is 9.21. The highest BCUT2D eigenvalue weighted by Gasteiger charge is 2.34. The second-order valence-electron chi connectivity index (χ2n) is 7.18. The van der Waals surface area contributed by atoms with Gasteiger partial charge in [-0.2, -0.15) is 13.1 Å². The third-order valence-electron chi connectivity index (χ3n) is 4.97. The van der Waals surface area contributed by atoms with Crippen molar-refractivity contribution in [3.05, 3.63) is 35.7 Å². The summed E-state index contributed by atoms with van der Waals surface area (Å²) in [6, 6.07) is 4.92. The number of nitrogens with zero attached hydrogens (tertiary/aromatic N) is 3. The van der Waals surface area contributed by atoms with Gasteiger partial charge in [-0.1, -0.05) is 17.3 Å². The van der Waals surface area contributed by atoms with E-state index in [9.17, 15) is 30.4 Å². The Labute approximate surface area is 184 Å². The molecule has 176 valence electrons. The van der Waals surface area contributed by atoms with E-state index in [0.29, 0.717) is 0 Å². The summed E-state index contributed by atoms with van der Waals surface area (Å²) in [5.41, 5.74) is 0.0270. The molecule has 1 aromatic carbocycles. The molecule has 0 aliphatic carbocycles. The fourth-order valence-corrected chi connectivity index (χ4v) is 6.01. The zero-order chi connectivity index (χ0) is 23.7. The maximum atomic E-state index is 12.9. The van der Waals surface area contributed by atoms with E-state index in [1.54, 1.807) is 4.90 Å². The van der Waals surface area contributed by atoms with E-state index < -0.39 is 36.4 Å². The van der Waals surface area contributed by atoms with E-state index in [0.717, 1.165) is 6.07 Å². The Balaban J connectivity index is 1.63. The predicted octanol–water partition coefficient (Wildman–Crippen LogP) is 1.23. The highest BCUT2D eigenvalue weighted by Crippen LogP contribution is 2.26. The first-order valence-corrected chi connectivity index (χ1v) is 12.5. The van der Waals surface area contributed by atoms with Crippen molar-refractivity contribution >= 4 is 31.5 Å². The molecule has 32 heavy (non-hydrogen) atoms. The third kappa shape index (κ3) is 4.82. The number of halogens is 2. The molecular weight excluding hydrogens is 470 g/mol. The van der Waals surface area contributed by atoms with Crippen LogP contribution >= 0.6 is 0 Å². The summed E-state index contributed by atoms with van der Waals surface area (Å²) in [5.74, 6) is -4.03. The van der Waals surface area contributed by atoms with Gasteiger partial charge in [0.2, 0.25) is 25.8 Å². The molecule has 3 rings (SSSR count). The zero-order valence-corrected chi connectivity index (χ0v) is 18.9. The number of hydrogen-bond donors (Lipinski definition) is 1. The van der Waals surface area contributed by atoms with E-state index in [1.165, 1.54) is 36.4 Å². The lowest BCUT2D eigenvalue weighted by Crippen LogP contribution is -2.50. The fraction of sp³-hybridized carbons (Fsp3) is 0.444. The Bertz CT molecular complexity index is 1190. The number of sulfone groups is 1. The number of amides is 1. The first-order chi connectivity index (χ1) is 14.9. The van der Waals surface area contributed by atoms with Crippen molar-refractivity contribution < 1.29 is 34.9 Å². The van der Waals surface area contributed by atoms with Gasteiger partial charge in [0.1, 0.15) is 10.6 Å². The summed E-state index contributed by atoms with van der Waals surface area (Å²) in [5, 5.41) is 6.02. The largest absolute Gasteiger partial charge is 0.360 e. The van der Waals surface area contributed by atoms with Crippen LogP contribution in [0.2, 0.25) is 0 Å². The standard InChI is InChI=1S/C18H22F2N4O6S2/c1-12-17(13(2)30-22-12)32(28,29)24-9-7-23(8-10-24)11-16(25)21-14-5-3-4-6-15(14)31(26,27)18(19)20/h3-6,18H,7-11H2,1-2H3,(H,21,25). The van der Waals surface area contributed by atoms with Gasteiger partial charge in [-0.25, -0.2) is 16.8 Å². The second-order valence-corrected chi connectivity index (χ2v) is 10.9. The average Bonchev–Trinajstić information content (AvgIpc) is 3.07. The lowest BCUT2D eigenvalue weighted by Gasteiger charge is -2.33. The Hall–Kier alpha value is -2.42. The number of piperazine rings is 1. The number of aryl methyl sites for hydroxylation is 2. The Kier molecular flexibility index (Phi) is 6.97. The molecule has 1 aliphatic heterocycles. The SMILES string of the molecule is Cc1noc(C)c1S(=O)(=O)N1CCN(CC(=O)Nc2ccccc2S(=O)(=O)C(F)F)CC1. The maximum absolute atomic E-state index is 12.9. The molecule has 1 fully saturated rings. The topological polar surface area (TPSA) is 130 Å². The van der Waals surface area contributed by atoms with Crippen LogP contribution in [0.15, 0.2) is 38.6 Å². The van der Waals surface area contributed by atoms with Crippen molar-refractivity contribution in [2.45, 2.75) is 29.4 Å². The fourth-order valence-electron chi connectivity index (χ4n) is 3.41. The van der Waals surface area contributed by atoms with Gasteiger partial charge in [-0.05, 0) is 26.0 Å².